The Morgan fingerprint density at radius 2 is 1.76 bits per heavy atom. The predicted molar refractivity (Wildman–Crippen MR) is 96.2 cm³/mol. The number of sulfone groups is 1. The highest BCUT2D eigenvalue weighted by Gasteiger charge is 2.16. The van der Waals surface area contributed by atoms with Gasteiger partial charge in [-0.2, -0.15) is 0 Å². The van der Waals surface area contributed by atoms with Gasteiger partial charge in [-0.1, -0.05) is 29.3 Å². The average Bonchev–Trinajstić information content (AvgIpc) is 2.55. The van der Waals surface area contributed by atoms with Crippen LogP contribution in [0, 0.1) is 5.82 Å². The quantitative estimate of drug-likeness (QED) is 0.717. The third-order valence-electron chi connectivity index (χ3n) is 3.50. The SMILES string of the molecule is O=C(CCS(=O)(=O)c1ccc(F)cc1)NCCc1ccc(Cl)cc1Cl. The average molecular weight is 404 g/mol. The lowest BCUT2D eigenvalue weighted by Crippen LogP contribution is -2.27. The summed E-state index contributed by atoms with van der Waals surface area (Å²) in [6, 6.07) is 9.62. The largest absolute Gasteiger partial charge is 0.356 e. The van der Waals surface area contributed by atoms with E-state index in [0.717, 1.165) is 17.7 Å². The van der Waals surface area contributed by atoms with Gasteiger partial charge in [-0.05, 0) is 48.4 Å². The Hall–Kier alpha value is -1.63. The summed E-state index contributed by atoms with van der Waals surface area (Å²) in [5.74, 6) is -1.24. The molecular weight excluding hydrogens is 388 g/mol. The van der Waals surface area contributed by atoms with Crippen molar-refractivity contribution in [2.24, 2.45) is 0 Å². The third-order valence-corrected chi connectivity index (χ3v) is 5.82. The van der Waals surface area contributed by atoms with Crippen LogP contribution >= 0.6 is 23.2 Å². The van der Waals surface area contributed by atoms with Crippen LogP contribution in [-0.2, 0) is 21.1 Å². The van der Waals surface area contributed by atoms with Crippen molar-refractivity contribution in [3.63, 3.8) is 0 Å². The van der Waals surface area contributed by atoms with Crippen LogP contribution in [0.25, 0.3) is 0 Å². The van der Waals surface area contributed by atoms with E-state index in [1.54, 1.807) is 18.2 Å². The second-order valence-corrected chi connectivity index (χ2v) is 8.31. The van der Waals surface area contributed by atoms with Gasteiger partial charge in [-0.15, -0.1) is 0 Å². The van der Waals surface area contributed by atoms with E-state index in [9.17, 15) is 17.6 Å². The number of halogens is 3. The molecule has 0 aliphatic carbocycles. The van der Waals surface area contributed by atoms with Crippen molar-refractivity contribution in [1.82, 2.24) is 5.32 Å². The highest BCUT2D eigenvalue weighted by molar-refractivity contribution is 7.91. The first-order valence-electron chi connectivity index (χ1n) is 7.47. The molecular formula is C17H16Cl2FNO3S. The highest BCUT2D eigenvalue weighted by atomic mass is 35.5. The van der Waals surface area contributed by atoms with Crippen molar-refractivity contribution < 1.29 is 17.6 Å². The summed E-state index contributed by atoms with van der Waals surface area (Å²) in [7, 11) is -3.62. The molecule has 134 valence electrons. The lowest BCUT2D eigenvalue weighted by atomic mass is 10.1. The minimum Gasteiger partial charge on any atom is -0.356 e. The first-order valence-corrected chi connectivity index (χ1v) is 9.88. The Morgan fingerprint density at radius 3 is 2.40 bits per heavy atom. The van der Waals surface area contributed by atoms with E-state index in [1.807, 2.05) is 0 Å². The molecule has 0 saturated heterocycles. The number of hydrogen-bond acceptors (Lipinski definition) is 3. The summed E-state index contributed by atoms with van der Waals surface area (Å²) in [5.41, 5.74) is 0.838. The van der Waals surface area contributed by atoms with Crippen LogP contribution in [0.15, 0.2) is 47.4 Å². The Labute approximate surface area is 155 Å². The van der Waals surface area contributed by atoms with Crippen LogP contribution in [0.2, 0.25) is 10.0 Å². The molecule has 1 N–H and O–H groups in total. The molecule has 2 aromatic rings. The topological polar surface area (TPSA) is 63.2 Å². The van der Waals surface area contributed by atoms with Gasteiger partial charge in [0.15, 0.2) is 9.84 Å². The molecule has 0 bridgehead atoms. The number of carbonyl (C=O) groups excluding carboxylic acids is 1. The van der Waals surface area contributed by atoms with Crippen molar-refractivity contribution in [2.45, 2.75) is 17.7 Å². The van der Waals surface area contributed by atoms with Crippen molar-refractivity contribution in [3.8, 4) is 0 Å². The zero-order valence-electron chi connectivity index (χ0n) is 13.1. The number of rotatable bonds is 7. The van der Waals surface area contributed by atoms with Crippen molar-refractivity contribution in [3.05, 3.63) is 63.9 Å². The Morgan fingerprint density at radius 1 is 1.08 bits per heavy atom. The van der Waals surface area contributed by atoms with E-state index in [0.29, 0.717) is 23.0 Å². The van der Waals surface area contributed by atoms with Crippen LogP contribution < -0.4 is 5.32 Å². The molecule has 0 atom stereocenters. The maximum absolute atomic E-state index is 12.8. The lowest BCUT2D eigenvalue weighted by Gasteiger charge is -2.08. The molecule has 0 heterocycles. The fraction of sp³-hybridized carbons (Fsp3) is 0.235. The molecule has 0 saturated carbocycles. The minimum atomic E-state index is -3.62. The molecule has 0 unspecified atom stereocenters. The Kier molecular flexibility index (Phi) is 6.81. The van der Waals surface area contributed by atoms with Crippen LogP contribution in [0.5, 0.6) is 0 Å². The van der Waals surface area contributed by atoms with Crippen molar-refractivity contribution in [2.75, 3.05) is 12.3 Å². The smallest absolute Gasteiger partial charge is 0.221 e. The first-order chi connectivity index (χ1) is 11.8. The molecule has 0 fully saturated rings. The van der Waals surface area contributed by atoms with Crippen molar-refractivity contribution in [1.29, 1.82) is 0 Å². The summed E-state index contributed by atoms with van der Waals surface area (Å²) < 4.78 is 37.0. The second kappa shape index (κ2) is 8.65. The van der Waals surface area contributed by atoms with Crippen LogP contribution in [0.1, 0.15) is 12.0 Å². The van der Waals surface area contributed by atoms with Gasteiger partial charge in [0, 0.05) is 23.0 Å². The summed E-state index contributed by atoms with van der Waals surface area (Å²) in [4.78, 5) is 11.8. The molecule has 0 aliphatic heterocycles. The van der Waals surface area contributed by atoms with Gasteiger partial charge < -0.3 is 5.32 Å². The van der Waals surface area contributed by atoms with E-state index in [4.69, 9.17) is 23.2 Å². The van der Waals surface area contributed by atoms with Gasteiger partial charge in [-0.3, -0.25) is 4.79 Å². The Balaban J connectivity index is 1.81. The van der Waals surface area contributed by atoms with Crippen molar-refractivity contribution >= 4 is 38.9 Å². The molecule has 0 radical (unpaired) electrons. The monoisotopic (exact) mass is 403 g/mol. The number of nitrogens with one attached hydrogen (secondary N) is 1. The molecule has 0 spiro atoms. The zero-order valence-corrected chi connectivity index (χ0v) is 15.5. The van der Waals surface area contributed by atoms with E-state index in [-0.39, 0.29) is 23.0 Å². The third kappa shape index (κ3) is 5.99. The predicted octanol–water partition coefficient (Wildman–Crippen LogP) is 3.66. The van der Waals surface area contributed by atoms with Gasteiger partial charge in [-0.25, -0.2) is 12.8 Å². The molecule has 2 aromatic carbocycles. The Bertz CT molecular complexity index is 855. The number of amides is 1. The highest BCUT2D eigenvalue weighted by Crippen LogP contribution is 2.21. The first kappa shape index (κ1) is 19.7. The van der Waals surface area contributed by atoms with E-state index < -0.39 is 15.7 Å². The summed E-state index contributed by atoms with van der Waals surface area (Å²) in [5, 5.41) is 3.70. The molecule has 25 heavy (non-hydrogen) atoms. The fourth-order valence-corrected chi connectivity index (χ4v) is 3.88. The summed E-state index contributed by atoms with van der Waals surface area (Å²) >= 11 is 11.9. The summed E-state index contributed by atoms with van der Waals surface area (Å²) in [6.07, 6.45) is 0.334. The maximum Gasteiger partial charge on any atom is 0.221 e. The number of benzene rings is 2. The molecule has 0 aromatic heterocycles. The zero-order chi connectivity index (χ0) is 18.4. The second-order valence-electron chi connectivity index (χ2n) is 5.36. The number of hydrogen-bond donors (Lipinski definition) is 1. The van der Waals surface area contributed by atoms with Crippen LogP contribution in [0.3, 0.4) is 0 Å². The molecule has 8 heteroatoms. The van der Waals surface area contributed by atoms with Gasteiger partial charge in [0.2, 0.25) is 5.91 Å². The van der Waals surface area contributed by atoms with Gasteiger partial charge in [0.05, 0.1) is 10.6 Å². The van der Waals surface area contributed by atoms with E-state index in [1.165, 1.54) is 12.1 Å². The standard InChI is InChI=1S/C17H16Cl2FNO3S/c18-13-2-1-12(16(19)11-13)7-9-21-17(22)8-10-25(23,24)15-5-3-14(20)4-6-15/h1-6,11H,7-10H2,(H,21,22). The fourth-order valence-electron chi connectivity index (χ4n) is 2.14. The van der Waals surface area contributed by atoms with E-state index in [2.05, 4.69) is 5.32 Å². The lowest BCUT2D eigenvalue weighted by molar-refractivity contribution is -0.120. The molecule has 1 amide bonds. The van der Waals surface area contributed by atoms with Crippen LogP contribution in [0.4, 0.5) is 4.39 Å². The molecule has 2 rings (SSSR count). The summed E-state index contributed by atoms with van der Waals surface area (Å²) in [6.45, 7) is 0.330. The minimum absolute atomic E-state index is 0.00496. The normalized spacial score (nSPS) is 11.3. The van der Waals surface area contributed by atoms with Crippen LogP contribution in [-0.4, -0.2) is 26.6 Å². The van der Waals surface area contributed by atoms with E-state index >= 15 is 0 Å². The van der Waals surface area contributed by atoms with Gasteiger partial charge in [0.1, 0.15) is 5.82 Å². The molecule has 4 nitrogen and oxygen atoms in total. The number of carbonyl (C=O) groups is 1. The van der Waals surface area contributed by atoms with Gasteiger partial charge in [0.25, 0.3) is 0 Å². The molecule has 0 aliphatic rings. The van der Waals surface area contributed by atoms with Gasteiger partial charge >= 0.3 is 0 Å². The maximum atomic E-state index is 12.8.